The van der Waals surface area contributed by atoms with Gasteiger partial charge in [0.25, 0.3) is 0 Å². The molecule has 28 heavy (non-hydrogen) atoms. The first-order valence-electron chi connectivity index (χ1n) is 9.86. The van der Waals surface area contributed by atoms with E-state index in [0.717, 1.165) is 17.7 Å². The number of nitrogens with one attached hydrogen (secondary N) is 1. The van der Waals surface area contributed by atoms with E-state index >= 15 is 0 Å². The first-order valence-corrected chi connectivity index (χ1v) is 9.86. The second-order valence-corrected chi connectivity index (χ2v) is 9.18. The Labute approximate surface area is 166 Å². The molecular formula is C23H28N2O3. The molecule has 1 aromatic carbocycles. The summed E-state index contributed by atoms with van der Waals surface area (Å²) in [6.45, 7) is 14.3. The SMILES string of the molecule is C=CC1(C=C)C[C@H]2C(=O)Nc3ccccc3[C@@]23CCN(C(=O)OC(C)(C)C)[C@@H]13. The van der Waals surface area contributed by atoms with Gasteiger partial charge in [-0.2, -0.15) is 0 Å². The number of rotatable bonds is 2. The van der Waals surface area contributed by atoms with Crippen molar-refractivity contribution in [2.45, 2.75) is 50.7 Å². The minimum Gasteiger partial charge on any atom is -0.444 e. The van der Waals surface area contributed by atoms with Gasteiger partial charge >= 0.3 is 6.09 Å². The zero-order valence-corrected chi connectivity index (χ0v) is 16.8. The van der Waals surface area contributed by atoms with Gasteiger partial charge in [-0.1, -0.05) is 30.4 Å². The standard InChI is InChI=1S/C23H28N2O3/c1-6-22(7-2)14-16-18(26)24-17-11-9-8-10-15(17)23(16)12-13-25(19(22)23)20(27)28-21(3,4)5/h6-11,16,19H,1-2,12-14H2,3-5H3,(H,24,26)/t16-,19-,23-/m0/s1. The van der Waals surface area contributed by atoms with E-state index in [0.29, 0.717) is 13.0 Å². The molecule has 1 spiro atoms. The van der Waals surface area contributed by atoms with Crippen LogP contribution in [0.4, 0.5) is 10.5 Å². The number of hydrogen-bond acceptors (Lipinski definition) is 3. The summed E-state index contributed by atoms with van der Waals surface area (Å²) in [6.07, 6.45) is 4.69. The van der Waals surface area contributed by atoms with Crippen molar-refractivity contribution in [1.82, 2.24) is 4.90 Å². The van der Waals surface area contributed by atoms with Crippen molar-refractivity contribution in [3.05, 3.63) is 55.1 Å². The van der Waals surface area contributed by atoms with Crippen molar-refractivity contribution in [2.24, 2.45) is 11.3 Å². The number of carbonyl (C=O) groups excluding carboxylic acids is 2. The Morgan fingerprint density at radius 2 is 1.96 bits per heavy atom. The monoisotopic (exact) mass is 380 g/mol. The van der Waals surface area contributed by atoms with Crippen LogP contribution in [-0.2, 0) is 14.9 Å². The summed E-state index contributed by atoms with van der Waals surface area (Å²) in [7, 11) is 0. The average Bonchev–Trinajstić information content (AvgIpc) is 3.15. The topological polar surface area (TPSA) is 58.6 Å². The predicted molar refractivity (Wildman–Crippen MR) is 109 cm³/mol. The third kappa shape index (κ3) is 2.38. The number of likely N-dealkylation sites (tertiary alicyclic amines) is 1. The molecule has 1 N–H and O–H groups in total. The summed E-state index contributed by atoms with van der Waals surface area (Å²) >= 11 is 0. The molecule has 2 amide bonds. The third-order valence-corrected chi connectivity index (χ3v) is 6.65. The van der Waals surface area contributed by atoms with E-state index in [-0.39, 0.29) is 24.0 Å². The zero-order chi connectivity index (χ0) is 20.3. The number of carbonyl (C=O) groups is 2. The minimum absolute atomic E-state index is 0.0142. The number of ether oxygens (including phenoxy) is 1. The van der Waals surface area contributed by atoms with Crippen LogP contribution in [0.1, 0.15) is 39.2 Å². The molecule has 1 saturated heterocycles. The van der Waals surface area contributed by atoms with Crippen molar-refractivity contribution < 1.29 is 14.3 Å². The molecule has 5 heteroatoms. The molecule has 0 bridgehead atoms. The highest BCUT2D eigenvalue weighted by atomic mass is 16.6. The molecule has 0 radical (unpaired) electrons. The summed E-state index contributed by atoms with van der Waals surface area (Å²) in [5.74, 6) is -0.226. The van der Waals surface area contributed by atoms with E-state index in [1.54, 1.807) is 0 Å². The summed E-state index contributed by atoms with van der Waals surface area (Å²) < 4.78 is 5.72. The van der Waals surface area contributed by atoms with Gasteiger partial charge in [0.05, 0.1) is 12.0 Å². The lowest BCUT2D eigenvalue weighted by Crippen LogP contribution is -2.53. The van der Waals surface area contributed by atoms with E-state index in [1.165, 1.54) is 0 Å². The van der Waals surface area contributed by atoms with Crippen molar-refractivity contribution in [2.75, 3.05) is 11.9 Å². The van der Waals surface area contributed by atoms with Crippen LogP contribution in [0, 0.1) is 11.3 Å². The van der Waals surface area contributed by atoms with E-state index in [9.17, 15) is 9.59 Å². The third-order valence-electron chi connectivity index (χ3n) is 6.65. The van der Waals surface area contributed by atoms with E-state index in [2.05, 4.69) is 24.5 Å². The Morgan fingerprint density at radius 3 is 2.61 bits per heavy atom. The predicted octanol–water partition coefficient (Wildman–Crippen LogP) is 4.26. The zero-order valence-electron chi connectivity index (χ0n) is 16.8. The minimum atomic E-state index is -0.586. The van der Waals surface area contributed by atoms with Crippen LogP contribution in [0.3, 0.4) is 0 Å². The fraction of sp³-hybridized carbons (Fsp3) is 0.478. The first-order chi connectivity index (χ1) is 13.2. The molecule has 4 rings (SSSR count). The molecule has 2 fully saturated rings. The maximum atomic E-state index is 13.1. The smallest absolute Gasteiger partial charge is 0.410 e. The molecule has 2 aliphatic heterocycles. The molecule has 3 aliphatic rings. The van der Waals surface area contributed by atoms with Gasteiger partial charge in [0.2, 0.25) is 5.91 Å². The summed E-state index contributed by atoms with van der Waals surface area (Å²) in [5, 5.41) is 3.06. The van der Waals surface area contributed by atoms with E-state index < -0.39 is 16.4 Å². The molecule has 0 unspecified atom stereocenters. The normalized spacial score (nSPS) is 30.0. The van der Waals surface area contributed by atoms with E-state index in [1.807, 2.05) is 56.0 Å². The highest BCUT2D eigenvalue weighted by Gasteiger charge is 2.70. The van der Waals surface area contributed by atoms with Gasteiger partial charge in [-0.15, -0.1) is 13.2 Å². The fourth-order valence-electron chi connectivity index (χ4n) is 5.64. The number of para-hydroxylation sites is 1. The number of amides is 2. The highest BCUT2D eigenvalue weighted by Crippen LogP contribution is 2.64. The maximum absolute atomic E-state index is 13.1. The molecule has 1 aliphatic carbocycles. The van der Waals surface area contributed by atoms with Crippen LogP contribution < -0.4 is 5.32 Å². The van der Waals surface area contributed by atoms with Gasteiger partial charge < -0.3 is 15.0 Å². The lowest BCUT2D eigenvalue weighted by Gasteiger charge is -2.43. The van der Waals surface area contributed by atoms with E-state index in [4.69, 9.17) is 4.74 Å². The molecule has 0 aromatic heterocycles. The van der Waals surface area contributed by atoms with Crippen molar-refractivity contribution in [3.8, 4) is 0 Å². The number of hydrogen-bond donors (Lipinski definition) is 1. The average molecular weight is 380 g/mol. The maximum Gasteiger partial charge on any atom is 0.410 e. The number of fused-ring (bicyclic) bond motifs is 1. The number of nitrogens with zero attached hydrogens (tertiary/aromatic N) is 1. The van der Waals surface area contributed by atoms with Crippen LogP contribution in [0.5, 0.6) is 0 Å². The van der Waals surface area contributed by atoms with Gasteiger partial charge in [-0.3, -0.25) is 4.79 Å². The molecule has 1 aromatic rings. The highest BCUT2D eigenvalue weighted by molar-refractivity contribution is 5.98. The Balaban J connectivity index is 1.90. The van der Waals surface area contributed by atoms with Gasteiger partial charge in [-0.25, -0.2) is 4.79 Å². The molecule has 5 nitrogen and oxygen atoms in total. The van der Waals surface area contributed by atoms with Crippen LogP contribution in [0.25, 0.3) is 0 Å². The first kappa shape index (κ1) is 18.8. The van der Waals surface area contributed by atoms with Crippen molar-refractivity contribution in [1.29, 1.82) is 0 Å². The van der Waals surface area contributed by atoms with Gasteiger partial charge in [0.1, 0.15) is 5.60 Å². The Kier molecular flexibility index (Phi) is 4.00. The second-order valence-electron chi connectivity index (χ2n) is 9.18. The largest absolute Gasteiger partial charge is 0.444 e. The summed E-state index contributed by atoms with van der Waals surface area (Å²) in [4.78, 5) is 28.0. The summed E-state index contributed by atoms with van der Waals surface area (Å²) in [6, 6.07) is 7.69. The number of anilines is 1. The summed E-state index contributed by atoms with van der Waals surface area (Å²) in [5.41, 5.74) is 0.341. The Hall–Kier alpha value is -2.56. The second kappa shape index (κ2) is 5.97. The molecule has 148 valence electrons. The quantitative estimate of drug-likeness (QED) is 0.780. The van der Waals surface area contributed by atoms with Gasteiger partial charge in [0.15, 0.2) is 0 Å². The lowest BCUT2D eigenvalue weighted by molar-refractivity contribution is -0.122. The molecule has 3 atom stereocenters. The van der Waals surface area contributed by atoms with Crippen molar-refractivity contribution in [3.63, 3.8) is 0 Å². The lowest BCUT2D eigenvalue weighted by atomic mass is 9.65. The van der Waals surface area contributed by atoms with Crippen molar-refractivity contribution >= 4 is 17.7 Å². The van der Waals surface area contributed by atoms with Crippen LogP contribution >= 0.6 is 0 Å². The van der Waals surface area contributed by atoms with Gasteiger partial charge in [-0.05, 0) is 45.2 Å². The molecule has 2 heterocycles. The fourth-order valence-corrected chi connectivity index (χ4v) is 5.64. The van der Waals surface area contributed by atoms with Crippen LogP contribution in [0.2, 0.25) is 0 Å². The van der Waals surface area contributed by atoms with Crippen LogP contribution in [0.15, 0.2) is 49.6 Å². The number of benzene rings is 1. The Morgan fingerprint density at radius 1 is 1.29 bits per heavy atom. The van der Waals surface area contributed by atoms with Gasteiger partial charge in [0, 0.05) is 23.1 Å². The van der Waals surface area contributed by atoms with Crippen LogP contribution in [-0.4, -0.2) is 35.1 Å². The molecule has 1 saturated carbocycles. The Bertz CT molecular complexity index is 861. The molecular weight excluding hydrogens is 352 g/mol.